The first-order chi connectivity index (χ1) is 12.0. The lowest BCUT2D eigenvalue weighted by atomic mass is 9.92. The van der Waals surface area contributed by atoms with Gasteiger partial charge in [0.15, 0.2) is 0 Å². The molecule has 1 fully saturated rings. The zero-order chi connectivity index (χ0) is 18.5. The minimum Gasteiger partial charge on any atom is -0.465 e. The number of carbonyl (C=O) groups excluding carboxylic acids is 1. The van der Waals surface area contributed by atoms with E-state index in [9.17, 15) is 15.0 Å². The Labute approximate surface area is 153 Å². The van der Waals surface area contributed by atoms with E-state index in [2.05, 4.69) is 29.9 Å². The molecular formula is C21H36O4. The van der Waals surface area contributed by atoms with Gasteiger partial charge in [0, 0.05) is 6.42 Å². The molecule has 25 heavy (non-hydrogen) atoms. The average molecular weight is 353 g/mol. The van der Waals surface area contributed by atoms with Crippen molar-refractivity contribution < 1.29 is 19.7 Å². The lowest BCUT2D eigenvalue weighted by molar-refractivity contribution is -0.208. The molecule has 1 aliphatic rings. The average Bonchev–Trinajstić information content (AvgIpc) is 3.04. The summed E-state index contributed by atoms with van der Waals surface area (Å²) in [5, 5.41) is 19.1. The highest BCUT2D eigenvalue weighted by Crippen LogP contribution is 2.35. The second-order valence-corrected chi connectivity index (χ2v) is 7.19. The normalized spacial score (nSPS) is 21.4. The number of allylic oxidation sites excluding steroid dienone is 4. The van der Waals surface area contributed by atoms with Crippen molar-refractivity contribution in [2.45, 2.75) is 83.3 Å². The van der Waals surface area contributed by atoms with Crippen LogP contribution in [-0.4, -0.2) is 29.1 Å². The first kappa shape index (κ1) is 21.9. The second kappa shape index (κ2) is 12.3. The standard InChI is InChI=1S/C21H36O4/c1-3-4-5-6-7-9-13-18-15-12-16-19(18)14-10-8-11-17-21(23,24)20(22)25-2/h8-10,13,18-19,23-24H,3-7,11-12,14-17H2,1-2H3/t18-,19-/m0/s1. The van der Waals surface area contributed by atoms with Gasteiger partial charge in [0.2, 0.25) is 0 Å². The summed E-state index contributed by atoms with van der Waals surface area (Å²) in [6, 6.07) is 0. The van der Waals surface area contributed by atoms with Crippen molar-refractivity contribution in [2.24, 2.45) is 11.8 Å². The molecule has 0 heterocycles. The lowest BCUT2D eigenvalue weighted by Crippen LogP contribution is -2.39. The minimum absolute atomic E-state index is 0.0398. The van der Waals surface area contributed by atoms with Crippen molar-refractivity contribution in [3.05, 3.63) is 24.3 Å². The fourth-order valence-corrected chi connectivity index (χ4v) is 3.51. The quantitative estimate of drug-likeness (QED) is 0.235. The number of methoxy groups -OCH3 is 1. The number of hydrogen-bond acceptors (Lipinski definition) is 4. The lowest BCUT2D eigenvalue weighted by Gasteiger charge is -2.17. The molecule has 0 aromatic carbocycles. The number of carbonyl (C=O) groups is 1. The van der Waals surface area contributed by atoms with E-state index in [0.29, 0.717) is 18.3 Å². The Balaban J connectivity index is 2.26. The predicted molar refractivity (Wildman–Crippen MR) is 101 cm³/mol. The van der Waals surface area contributed by atoms with Crippen molar-refractivity contribution in [2.75, 3.05) is 7.11 Å². The summed E-state index contributed by atoms with van der Waals surface area (Å²) in [4.78, 5) is 11.2. The van der Waals surface area contributed by atoms with Gasteiger partial charge in [0.25, 0.3) is 5.79 Å². The summed E-state index contributed by atoms with van der Waals surface area (Å²) in [6.07, 6.45) is 20.6. The van der Waals surface area contributed by atoms with Gasteiger partial charge in [-0.25, -0.2) is 4.79 Å². The molecule has 0 aliphatic heterocycles. The SMILES string of the molecule is CCCCCCC=C[C@H]1CCC[C@@H]1CC=CCCC(O)(O)C(=O)OC. The molecule has 1 rings (SSSR count). The number of hydrogen-bond donors (Lipinski definition) is 2. The van der Waals surface area contributed by atoms with Gasteiger partial charge in [-0.05, 0) is 50.4 Å². The summed E-state index contributed by atoms with van der Waals surface area (Å²) in [5.41, 5.74) is 0. The Morgan fingerprint density at radius 1 is 1.12 bits per heavy atom. The topological polar surface area (TPSA) is 66.8 Å². The zero-order valence-corrected chi connectivity index (χ0v) is 16.0. The van der Waals surface area contributed by atoms with E-state index in [-0.39, 0.29) is 6.42 Å². The van der Waals surface area contributed by atoms with Crippen LogP contribution in [0.4, 0.5) is 0 Å². The molecule has 0 radical (unpaired) electrons. The van der Waals surface area contributed by atoms with Crippen LogP contribution in [0.2, 0.25) is 0 Å². The molecule has 0 bridgehead atoms. The Morgan fingerprint density at radius 3 is 2.64 bits per heavy atom. The molecule has 1 aliphatic carbocycles. The maximum Gasteiger partial charge on any atom is 0.366 e. The van der Waals surface area contributed by atoms with E-state index in [1.165, 1.54) is 51.4 Å². The number of unbranched alkanes of at least 4 members (excludes halogenated alkanes) is 4. The van der Waals surface area contributed by atoms with E-state index in [0.717, 1.165) is 13.5 Å². The summed E-state index contributed by atoms with van der Waals surface area (Å²) in [6.45, 7) is 2.24. The number of esters is 1. The zero-order valence-electron chi connectivity index (χ0n) is 16.0. The highest BCUT2D eigenvalue weighted by Gasteiger charge is 2.33. The van der Waals surface area contributed by atoms with Gasteiger partial charge < -0.3 is 14.9 Å². The third kappa shape index (κ3) is 8.68. The summed E-state index contributed by atoms with van der Waals surface area (Å²) in [7, 11) is 1.15. The third-order valence-corrected chi connectivity index (χ3v) is 5.10. The molecule has 2 atom stereocenters. The first-order valence-electron chi connectivity index (χ1n) is 9.86. The van der Waals surface area contributed by atoms with E-state index in [1.54, 1.807) is 0 Å². The monoisotopic (exact) mass is 352 g/mol. The van der Waals surface area contributed by atoms with Crippen LogP contribution in [0.5, 0.6) is 0 Å². The maximum atomic E-state index is 11.2. The van der Waals surface area contributed by atoms with Gasteiger partial charge in [-0.3, -0.25) is 0 Å². The number of ether oxygens (including phenoxy) is 1. The van der Waals surface area contributed by atoms with Crippen LogP contribution in [0.1, 0.15) is 77.6 Å². The largest absolute Gasteiger partial charge is 0.465 e. The van der Waals surface area contributed by atoms with Crippen LogP contribution in [0.3, 0.4) is 0 Å². The van der Waals surface area contributed by atoms with E-state index < -0.39 is 11.8 Å². The second-order valence-electron chi connectivity index (χ2n) is 7.19. The van der Waals surface area contributed by atoms with Crippen molar-refractivity contribution in [1.82, 2.24) is 0 Å². The third-order valence-electron chi connectivity index (χ3n) is 5.10. The molecule has 0 aromatic rings. The van der Waals surface area contributed by atoms with Crippen molar-refractivity contribution in [3.8, 4) is 0 Å². The molecule has 4 nitrogen and oxygen atoms in total. The molecule has 2 N–H and O–H groups in total. The van der Waals surface area contributed by atoms with Crippen molar-refractivity contribution in [3.63, 3.8) is 0 Å². The fourth-order valence-electron chi connectivity index (χ4n) is 3.51. The van der Waals surface area contributed by atoms with Gasteiger partial charge >= 0.3 is 5.97 Å². The minimum atomic E-state index is -2.38. The van der Waals surface area contributed by atoms with Crippen LogP contribution < -0.4 is 0 Å². The highest BCUT2D eigenvalue weighted by atomic mass is 16.6. The fraction of sp³-hybridized carbons (Fsp3) is 0.762. The molecule has 0 spiro atoms. The Kier molecular flexibility index (Phi) is 10.7. The highest BCUT2D eigenvalue weighted by molar-refractivity contribution is 5.76. The first-order valence-corrected chi connectivity index (χ1v) is 9.86. The Bertz CT molecular complexity index is 426. The molecule has 0 saturated heterocycles. The molecule has 0 amide bonds. The summed E-state index contributed by atoms with van der Waals surface area (Å²) >= 11 is 0. The van der Waals surface area contributed by atoms with Gasteiger partial charge in [-0.15, -0.1) is 0 Å². The smallest absolute Gasteiger partial charge is 0.366 e. The van der Waals surface area contributed by atoms with Crippen LogP contribution in [0.25, 0.3) is 0 Å². The van der Waals surface area contributed by atoms with Crippen molar-refractivity contribution >= 4 is 5.97 Å². The number of aliphatic hydroxyl groups is 2. The van der Waals surface area contributed by atoms with Crippen LogP contribution in [0.15, 0.2) is 24.3 Å². The van der Waals surface area contributed by atoms with Crippen LogP contribution >= 0.6 is 0 Å². The molecular weight excluding hydrogens is 316 g/mol. The van der Waals surface area contributed by atoms with Gasteiger partial charge in [0.1, 0.15) is 0 Å². The molecule has 1 saturated carbocycles. The molecule has 0 aromatic heterocycles. The van der Waals surface area contributed by atoms with Gasteiger partial charge in [-0.1, -0.05) is 56.9 Å². The molecule has 4 heteroatoms. The van der Waals surface area contributed by atoms with E-state index >= 15 is 0 Å². The van der Waals surface area contributed by atoms with Gasteiger partial charge in [0.05, 0.1) is 7.11 Å². The van der Waals surface area contributed by atoms with Gasteiger partial charge in [-0.2, -0.15) is 0 Å². The summed E-state index contributed by atoms with van der Waals surface area (Å²) in [5.74, 6) is -2.01. The predicted octanol–water partition coefficient (Wildman–Crippen LogP) is 4.51. The molecule has 0 unspecified atom stereocenters. The molecule has 144 valence electrons. The number of rotatable bonds is 12. The van der Waals surface area contributed by atoms with Crippen LogP contribution in [0, 0.1) is 11.8 Å². The van der Waals surface area contributed by atoms with E-state index in [1.807, 2.05) is 6.08 Å². The van der Waals surface area contributed by atoms with Crippen LogP contribution in [-0.2, 0) is 9.53 Å². The van der Waals surface area contributed by atoms with Crippen molar-refractivity contribution in [1.29, 1.82) is 0 Å². The Hall–Kier alpha value is -1.13. The Morgan fingerprint density at radius 2 is 1.92 bits per heavy atom. The summed E-state index contributed by atoms with van der Waals surface area (Å²) < 4.78 is 4.37. The van der Waals surface area contributed by atoms with E-state index in [4.69, 9.17) is 0 Å². The maximum absolute atomic E-state index is 11.2.